The molecule has 10 aromatic rings. The van der Waals surface area contributed by atoms with E-state index < -0.39 is 10.8 Å². The Labute approximate surface area is 398 Å². The van der Waals surface area contributed by atoms with Crippen molar-refractivity contribution < 1.29 is 30.6 Å². The second-order valence-corrected chi connectivity index (χ2v) is 18.5. The Kier molecular flexibility index (Phi) is 11.1. The summed E-state index contributed by atoms with van der Waals surface area (Å²) in [7, 11) is 0. The molecule has 7 nitrogen and oxygen atoms in total. The van der Waals surface area contributed by atoms with Crippen LogP contribution < -0.4 is 0 Å². The van der Waals surface area contributed by atoms with Crippen molar-refractivity contribution in [2.75, 3.05) is 0 Å². The van der Waals surface area contributed by atoms with Crippen LogP contribution in [0.5, 0.6) is 5.75 Å². The first-order chi connectivity index (χ1) is 31.4. The van der Waals surface area contributed by atoms with E-state index in [9.17, 15) is 10.4 Å². The van der Waals surface area contributed by atoms with Crippen molar-refractivity contribution in [3.63, 3.8) is 0 Å². The van der Waals surface area contributed by atoms with E-state index in [1.54, 1.807) is 6.20 Å². The fourth-order valence-corrected chi connectivity index (χ4v) is 9.13. The topological polar surface area (TPSA) is 92.2 Å². The predicted molar refractivity (Wildman–Crippen MR) is 262 cm³/mol. The Morgan fingerprint density at radius 2 is 1.36 bits per heavy atom. The summed E-state index contributed by atoms with van der Waals surface area (Å²) >= 11 is 0. The van der Waals surface area contributed by atoms with E-state index in [1.165, 1.54) is 0 Å². The van der Waals surface area contributed by atoms with Gasteiger partial charge >= 0.3 is 0 Å². The number of nitrogens with zero attached hydrogens (tertiary/aromatic N) is 5. The quantitative estimate of drug-likeness (QED) is 0.168. The number of phenolic OH excluding ortho intramolecular Hbond substituents is 1. The monoisotopic (exact) mass is 1040 g/mol. The Morgan fingerprint density at radius 1 is 0.712 bits per heavy atom. The van der Waals surface area contributed by atoms with Gasteiger partial charge in [0.05, 0.1) is 46.1 Å². The van der Waals surface area contributed by atoms with Gasteiger partial charge in [0, 0.05) is 55.0 Å². The fourth-order valence-electron chi connectivity index (χ4n) is 9.13. The van der Waals surface area contributed by atoms with Crippen molar-refractivity contribution in [2.45, 2.75) is 52.4 Å². The van der Waals surface area contributed by atoms with Gasteiger partial charge in [-0.15, -0.1) is 17.7 Å². The molecule has 8 heteroatoms. The first kappa shape index (κ1) is 43.7. The molecule has 3 aromatic heterocycles. The number of nitriles is 1. The number of aromatic nitrogens is 3. The minimum atomic E-state index is -0.573. The molecule has 3 heterocycles. The van der Waals surface area contributed by atoms with E-state index in [2.05, 4.69) is 78.7 Å². The number of pyridine rings is 1. The van der Waals surface area contributed by atoms with Crippen molar-refractivity contribution in [2.24, 2.45) is 0 Å². The molecule has 66 heavy (non-hydrogen) atoms. The molecule has 0 atom stereocenters. The van der Waals surface area contributed by atoms with E-state index in [4.69, 9.17) is 21.0 Å². The van der Waals surface area contributed by atoms with Crippen LogP contribution in [0.4, 0.5) is 5.69 Å². The normalized spacial score (nSPS) is 11.7. The summed E-state index contributed by atoms with van der Waals surface area (Å²) in [4.78, 5) is 14.6. The molecule has 0 spiro atoms. The minimum Gasteiger partial charge on any atom is -0.508 e. The van der Waals surface area contributed by atoms with Crippen LogP contribution in [-0.4, -0.2) is 19.6 Å². The molecular weight excluding hydrogens is 994 g/mol. The maximum atomic E-state index is 12.6. The molecule has 1 N–H and O–H groups in total. The van der Waals surface area contributed by atoms with Crippen LogP contribution in [0.15, 0.2) is 156 Å². The van der Waals surface area contributed by atoms with E-state index in [0.717, 1.165) is 66.5 Å². The number of benzene rings is 7. The second-order valence-electron chi connectivity index (χ2n) is 18.5. The first-order valence-corrected chi connectivity index (χ1v) is 21.6. The zero-order valence-electron chi connectivity index (χ0n) is 37.3. The van der Waals surface area contributed by atoms with Crippen LogP contribution >= 0.6 is 0 Å². The third-order valence-corrected chi connectivity index (χ3v) is 12.2. The summed E-state index contributed by atoms with van der Waals surface area (Å²) in [6.07, 6.45) is 1.75. The average Bonchev–Trinajstić information content (AvgIpc) is 3.89. The van der Waals surface area contributed by atoms with Gasteiger partial charge in [0.2, 0.25) is 0 Å². The fraction of sp³-hybridized carbons (Fsp3) is 0.138. The second kappa shape index (κ2) is 16.8. The molecule has 7 aromatic carbocycles. The van der Waals surface area contributed by atoms with Crippen LogP contribution in [0, 0.1) is 24.0 Å². The third kappa shape index (κ3) is 7.36. The number of para-hydroxylation sites is 3. The zero-order valence-corrected chi connectivity index (χ0v) is 39.6. The van der Waals surface area contributed by atoms with E-state index in [0.29, 0.717) is 50.6 Å². The van der Waals surface area contributed by atoms with Gasteiger partial charge in [-0.1, -0.05) is 174 Å². The van der Waals surface area contributed by atoms with Gasteiger partial charge in [0.15, 0.2) is 5.69 Å². The molecule has 0 aliphatic rings. The summed E-state index contributed by atoms with van der Waals surface area (Å²) in [5.74, 6) is 0.568. The number of hydrogen-bond donors (Lipinski definition) is 1. The first-order valence-electron chi connectivity index (χ1n) is 21.6. The molecule has 324 valence electrons. The number of imidazole rings is 1. The van der Waals surface area contributed by atoms with Gasteiger partial charge < -0.3 is 9.52 Å². The SMILES string of the molecule is [C-]#[N+]c1c(C(C)(C)C)cc(-c2nc3c(-c4[c-]c(-c5cc(C#N)c(-c6ccccc6)cn5)c5oc6ccccc6c5c4)cccc3n2-c2ccccc2-c2ccccc2)c(O)c1C(C)(C)C.[Pt]. The van der Waals surface area contributed by atoms with E-state index in [1.807, 2.05) is 130 Å². The molecule has 0 saturated heterocycles. The number of hydrogen-bond acceptors (Lipinski definition) is 5. The van der Waals surface area contributed by atoms with Crippen molar-refractivity contribution in [3.8, 4) is 73.5 Å². The number of furan rings is 1. The van der Waals surface area contributed by atoms with Crippen molar-refractivity contribution in [3.05, 3.63) is 186 Å². The Balaban J connectivity index is 0.00000548. The Bertz CT molecular complexity index is 3600. The number of rotatable bonds is 6. The molecule has 0 aliphatic carbocycles. The maximum Gasteiger partial charge on any atom is 0.198 e. The number of aromatic hydroxyl groups is 1. The van der Waals surface area contributed by atoms with Crippen molar-refractivity contribution >= 4 is 38.7 Å². The third-order valence-electron chi connectivity index (χ3n) is 12.2. The molecule has 0 unspecified atom stereocenters. The molecule has 0 fully saturated rings. The molecule has 0 amide bonds. The van der Waals surface area contributed by atoms with Crippen LogP contribution in [0.25, 0.3) is 99.5 Å². The standard InChI is InChI=1S/C58H44N5O2.Pt/c1-57(2,3)46-32-44(54(64)51(53(46)60-7)58(4,5)6)56-62-52-40(25-18-27-49(52)63(56)48-26-16-14-23-39(48)35-19-10-8-11-20-35)37-29-42-41-24-15-17-28-50(41)65-55(42)43(30-37)47-31-38(33-59)45(34-61-47)36-21-12-9-13-22-36;/h8-29,31-32,34,64H,1-6H3;/q-1;. The van der Waals surface area contributed by atoms with Gasteiger partial charge in [-0.3, -0.25) is 9.55 Å². The van der Waals surface area contributed by atoms with Gasteiger partial charge in [-0.05, 0) is 51.1 Å². The molecule has 0 aliphatic heterocycles. The predicted octanol–water partition coefficient (Wildman–Crippen LogP) is 15.2. The summed E-state index contributed by atoms with van der Waals surface area (Å²) in [6, 6.07) is 54.4. The molecule has 0 saturated carbocycles. The molecular formula is C58H44N5O2Pt-. The van der Waals surface area contributed by atoms with Gasteiger partial charge in [0.25, 0.3) is 0 Å². The van der Waals surface area contributed by atoms with Crippen LogP contribution in [0.3, 0.4) is 0 Å². The minimum absolute atomic E-state index is 0. The van der Waals surface area contributed by atoms with Gasteiger partial charge in [-0.25, -0.2) is 9.83 Å². The van der Waals surface area contributed by atoms with E-state index in [-0.39, 0.29) is 26.8 Å². The summed E-state index contributed by atoms with van der Waals surface area (Å²) in [6.45, 7) is 20.8. The Hall–Kier alpha value is -7.57. The van der Waals surface area contributed by atoms with Crippen LogP contribution in [0.2, 0.25) is 0 Å². The van der Waals surface area contributed by atoms with Crippen LogP contribution in [0.1, 0.15) is 58.2 Å². The average molecular weight is 1040 g/mol. The summed E-state index contributed by atoms with van der Waals surface area (Å²) in [5, 5.41) is 24.9. The van der Waals surface area contributed by atoms with Crippen LogP contribution in [-0.2, 0) is 31.9 Å². The van der Waals surface area contributed by atoms with Crippen molar-refractivity contribution in [1.29, 1.82) is 5.26 Å². The summed E-state index contributed by atoms with van der Waals surface area (Å²) in [5.41, 5.74) is 12.0. The maximum absolute atomic E-state index is 12.6. The Morgan fingerprint density at radius 3 is 2.05 bits per heavy atom. The molecule has 10 rings (SSSR count). The largest absolute Gasteiger partial charge is 0.508 e. The molecule has 0 radical (unpaired) electrons. The zero-order chi connectivity index (χ0) is 45.2. The van der Waals surface area contributed by atoms with E-state index >= 15 is 0 Å². The number of phenols is 1. The van der Waals surface area contributed by atoms with Crippen molar-refractivity contribution in [1.82, 2.24) is 14.5 Å². The molecule has 0 bridgehead atoms. The van der Waals surface area contributed by atoms with Gasteiger partial charge in [0.1, 0.15) is 17.2 Å². The smallest absolute Gasteiger partial charge is 0.198 e. The summed E-state index contributed by atoms with van der Waals surface area (Å²) < 4.78 is 8.73. The van der Waals surface area contributed by atoms with Gasteiger partial charge in [-0.2, -0.15) is 5.26 Å². The number of fused-ring (bicyclic) bond motifs is 4.